The van der Waals surface area contributed by atoms with E-state index in [1.807, 2.05) is 0 Å². The molecule has 1 atom stereocenters. The van der Waals surface area contributed by atoms with E-state index in [1.54, 1.807) is 0 Å². The first kappa shape index (κ1) is 28.5. The van der Waals surface area contributed by atoms with Crippen molar-refractivity contribution >= 4 is 5.97 Å². The van der Waals surface area contributed by atoms with Gasteiger partial charge in [-0.05, 0) is 31.1 Å². The summed E-state index contributed by atoms with van der Waals surface area (Å²) in [4.78, 5) is 12.6. The minimum absolute atomic E-state index is 0.0878. The standard InChI is InChI=1S/C27H54O2/c1-6-7-8-9-16-21-26(22-17-11-10-14-19-24(2)3)27(28)29-23-18-13-12-15-20-25(4)5/h24-26H,6-23H2,1-5H3. The van der Waals surface area contributed by atoms with E-state index in [0.29, 0.717) is 6.61 Å². The van der Waals surface area contributed by atoms with Crippen LogP contribution in [0.3, 0.4) is 0 Å². The van der Waals surface area contributed by atoms with Crippen LogP contribution in [0.4, 0.5) is 0 Å². The second kappa shape index (κ2) is 20.7. The molecule has 0 aliphatic rings. The molecule has 0 radical (unpaired) electrons. The topological polar surface area (TPSA) is 26.3 Å². The lowest BCUT2D eigenvalue weighted by molar-refractivity contribution is -0.149. The van der Waals surface area contributed by atoms with Crippen LogP contribution < -0.4 is 0 Å². The van der Waals surface area contributed by atoms with E-state index in [-0.39, 0.29) is 11.9 Å². The van der Waals surface area contributed by atoms with Gasteiger partial charge in [0.2, 0.25) is 0 Å². The lowest BCUT2D eigenvalue weighted by atomic mass is 9.94. The van der Waals surface area contributed by atoms with Crippen LogP contribution in [0.2, 0.25) is 0 Å². The molecule has 174 valence electrons. The zero-order valence-corrected chi connectivity index (χ0v) is 20.8. The van der Waals surface area contributed by atoms with Crippen molar-refractivity contribution in [3.63, 3.8) is 0 Å². The Morgan fingerprint density at radius 1 is 0.586 bits per heavy atom. The second-order valence-corrected chi connectivity index (χ2v) is 10.0. The van der Waals surface area contributed by atoms with Crippen molar-refractivity contribution < 1.29 is 9.53 Å². The number of hydrogen-bond donors (Lipinski definition) is 0. The molecule has 0 aromatic heterocycles. The first-order valence-corrected chi connectivity index (χ1v) is 13.1. The second-order valence-electron chi connectivity index (χ2n) is 10.0. The van der Waals surface area contributed by atoms with Crippen molar-refractivity contribution in [3.05, 3.63) is 0 Å². The molecule has 0 rings (SSSR count). The Hall–Kier alpha value is -0.530. The van der Waals surface area contributed by atoms with Crippen LogP contribution in [0.1, 0.15) is 144 Å². The van der Waals surface area contributed by atoms with E-state index in [9.17, 15) is 4.79 Å². The molecule has 0 aromatic carbocycles. The van der Waals surface area contributed by atoms with Crippen molar-refractivity contribution in [2.45, 2.75) is 144 Å². The quantitative estimate of drug-likeness (QED) is 0.139. The van der Waals surface area contributed by atoms with Gasteiger partial charge < -0.3 is 4.74 Å². The van der Waals surface area contributed by atoms with Crippen LogP contribution in [0.15, 0.2) is 0 Å². The summed E-state index contributed by atoms with van der Waals surface area (Å²) in [7, 11) is 0. The summed E-state index contributed by atoms with van der Waals surface area (Å²) in [6.07, 6.45) is 21.0. The third kappa shape index (κ3) is 20.5. The third-order valence-corrected chi connectivity index (χ3v) is 5.99. The van der Waals surface area contributed by atoms with Gasteiger partial charge in [0, 0.05) is 0 Å². The summed E-state index contributed by atoms with van der Waals surface area (Å²) < 4.78 is 5.68. The molecule has 0 spiro atoms. The van der Waals surface area contributed by atoms with E-state index in [1.165, 1.54) is 89.9 Å². The molecule has 0 fully saturated rings. The van der Waals surface area contributed by atoms with Gasteiger partial charge in [-0.15, -0.1) is 0 Å². The average Bonchev–Trinajstić information content (AvgIpc) is 2.67. The number of hydrogen-bond acceptors (Lipinski definition) is 2. The number of ether oxygens (including phenoxy) is 1. The number of rotatable bonds is 21. The van der Waals surface area contributed by atoms with Gasteiger partial charge in [0.05, 0.1) is 12.5 Å². The fourth-order valence-corrected chi connectivity index (χ4v) is 3.97. The Morgan fingerprint density at radius 3 is 1.45 bits per heavy atom. The van der Waals surface area contributed by atoms with Crippen molar-refractivity contribution in [1.29, 1.82) is 0 Å². The molecule has 0 heterocycles. The molecule has 0 bridgehead atoms. The van der Waals surface area contributed by atoms with Crippen molar-refractivity contribution in [3.8, 4) is 0 Å². The van der Waals surface area contributed by atoms with Crippen molar-refractivity contribution in [1.82, 2.24) is 0 Å². The zero-order chi connectivity index (χ0) is 21.7. The molecule has 29 heavy (non-hydrogen) atoms. The van der Waals surface area contributed by atoms with Crippen LogP contribution >= 0.6 is 0 Å². The van der Waals surface area contributed by atoms with Gasteiger partial charge in [-0.1, -0.05) is 125 Å². The van der Waals surface area contributed by atoms with Crippen molar-refractivity contribution in [2.24, 2.45) is 17.8 Å². The van der Waals surface area contributed by atoms with E-state index < -0.39 is 0 Å². The maximum atomic E-state index is 12.6. The van der Waals surface area contributed by atoms with Gasteiger partial charge in [-0.2, -0.15) is 0 Å². The minimum Gasteiger partial charge on any atom is -0.465 e. The lowest BCUT2D eigenvalue weighted by Gasteiger charge is -2.16. The first-order valence-electron chi connectivity index (χ1n) is 13.1. The van der Waals surface area contributed by atoms with Gasteiger partial charge in [-0.3, -0.25) is 4.79 Å². The smallest absolute Gasteiger partial charge is 0.308 e. The normalized spacial score (nSPS) is 12.7. The molecular weight excluding hydrogens is 356 g/mol. The summed E-state index contributed by atoms with van der Waals surface area (Å²) in [6.45, 7) is 12.1. The van der Waals surface area contributed by atoms with Gasteiger partial charge >= 0.3 is 5.97 Å². The average molecular weight is 411 g/mol. The van der Waals surface area contributed by atoms with Crippen LogP contribution in [-0.2, 0) is 9.53 Å². The molecule has 0 aromatic rings. The molecule has 0 aliphatic heterocycles. The van der Waals surface area contributed by atoms with Crippen molar-refractivity contribution in [2.75, 3.05) is 6.61 Å². The van der Waals surface area contributed by atoms with Gasteiger partial charge in [0.15, 0.2) is 0 Å². The number of unbranched alkanes of at least 4 members (excludes halogenated alkanes) is 10. The van der Waals surface area contributed by atoms with Crippen LogP contribution in [0.25, 0.3) is 0 Å². The van der Waals surface area contributed by atoms with E-state index >= 15 is 0 Å². The SMILES string of the molecule is CCCCCCCC(CCCCCCC(C)C)C(=O)OCCCCCCC(C)C. The summed E-state index contributed by atoms with van der Waals surface area (Å²) in [6, 6.07) is 0. The van der Waals surface area contributed by atoms with E-state index in [4.69, 9.17) is 4.74 Å². The molecule has 2 nitrogen and oxygen atoms in total. The fraction of sp³-hybridized carbons (Fsp3) is 0.963. The Morgan fingerprint density at radius 2 is 1.00 bits per heavy atom. The Bertz CT molecular complexity index is 348. The summed E-state index contributed by atoms with van der Waals surface area (Å²) in [5, 5.41) is 0. The highest BCUT2D eigenvalue weighted by atomic mass is 16.5. The van der Waals surface area contributed by atoms with Crippen LogP contribution in [0.5, 0.6) is 0 Å². The maximum absolute atomic E-state index is 12.6. The Labute approximate surface area is 184 Å². The van der Waals surface area contributed by atoms with Gasteiger partial charge in [0.25, 0.3) is 0 Å². The highest BCUT2D eigenvalue weighted by molar-refractivity contribution is 5.72. The summed E-state index contributed by atoms with van der Waals surface area (Å²) in [5.74, 6) is 1.84. The van der Waals surface area contributed by atoms with E-state index in [0.717, 1.165) is 31.1 Å². The summed E-state index contributed by atoms with van der Waals surface area (Å²) in [5.41, 5.74) is 0. The first-order chi connectivity index (χ1) is 14.0. The molecule has 0 amide bonds. The Balaban J connectivity index is 4.04. The van der Waals surface area contributed by atoms with Crippen LogP contribution in [0, 0.1) is 17.8 Å². The van der Waals surface area contributed by atoms with Gasteiger partial charge in [-0.25, -0.2) is 0 Å². The maximum Gasteiger partial charge on any atom is 0.308 e. The molecule has 2 heteroatoms. The molecular formula is C27H54O2. The Kier molecular flexibility index (Phi) is 20.4. The fourth-order valence-electron chi connectivity index (χ4n) is 3.97. The largest absolute Gasteiger partial charge is 0.465 e. The number of esters is 1. The predicted molar refractivity (Wildman–Crippen MR) is 128 cm³/mol. The lowest BCUT2D eigenvalue weighted by Crippen LogP contribution is -2.18. The molecule has 0 aliphatic carbocycles. The predicted octanol–water partition coefficient (Wildman–Crippen LogP) is 9.11. The number of carbonyl (C=O) groups excluding carboxylic acids is 1. The molecule has 0 saturated carbocycles. The molecule has 0 saturated heterocycles. The highest BCUT2D eigenvalue weighted by Gasteiger charge is 2.19. The van der Waals surface area contributed by atoms with Crippen LogP contribution in [-0.4, -0.2) is 12.6 Å². The van der Waals surface area contributed by atoms with Gasteiger partial charge in [0.1, 0.15) is 0 Å². The highest BCUT2D eigenvalue weighted by Crippen LogP contribution is 2.21. The summed E-state index contributed by atoms with van der Waals surface area (Å²) >= 11 is 0. The zero-order valence-electron chi connectivity index (χ0n) is 20.8. The monoisotopic (exact) mass is 410 g/mol. The molecule has 0 N–H and O–H groups in total. The minimum atomic E-state index is 0.0878. The third-order valence-electron chi connectivity index (χ3n) is 5.99. The molecule has 1 unspecified atom stereocenters. The van der Waals surface area contributed by atoms with E-state index in [2.05, 4.69) is 34.6 Å². The number of carbonyl (C=O) groups is 1.